The Hall–Kier alpha value is -3.40. The molecule has 2 fully saturated rings. The van der Waals surface area contributed by atoms with Crippen LogP contribution < -0.4 is 21.6 Å². The summed E-state index contributed by atoms with van der Waals surface area (Å²) >= 11 is 1.44. The Morgan fingerprint density at radius 2 is 1.85 bits per heavy atom. The highest BCUT2D eigenvalue weighted by Gasteiger charge is 2.34. The summed E-state index contributed by atoms with van der Waals surface area (Å²) in [5, 5.41) is 1.89. The molecule has 230 valence electrons. The van der Waals surface area contributed by atoms with Crippen LogP contribution in [0.25, 0.3) is 10.2 Å². The van der Waals surface area contributed by atoms with Gasteiger partial charge in [-0.2, -0.15) is 0 Å². The summed E-state index contributed by atoms with van der Waals surface area (Å²) < 4.78 is 5.97. The van der Waals surface area contributed by atoms with Crippen molar-refractivity contribution in [2.75, 3.05) is 13.2 Å². The third kappa shape index (κ3) is 14.7. The zero-order chi connectivity index (χ0) is 31.8. The number of aromatic amines is 1. The van der Waals surface area contributed by atoms with Gasteiger partial charge in [0.25, 0.3) is 0 Å². The number of hydrogen-bond donors (Lipinski definition) is 3. The molecule has 5 N–H and O–H groups in total. The Kier molecular flexibility index (Phi) is 17.3. The molecular weight excluding hydrogens is 540 g/mol. The van der Waals surface area contributed by atoms with E-state index in [1.54, 1.807) is 11.8 Å². The van der Waals surface area contributed by atoms with E-state index in [1.165, 1.54) is 17.4 Å². The molecule has 2 aromatic heterocycles. The van der Waals surface area contributed by atoms with Crippen LogP contribution in [0.5, 0.6) is 5.88 Å². The molecule has 1 saturated carbocycles. The Balaban J connectivity index is 0.000000556. The van der Waals surface area contributed by atoms with Gasteiger partial charge in [-0.3, -0.25) is 14.4 Å². The second-order valence-corrected chi connectivity index (χ2v) is 11.7. The molecule has 3 heterocycles. The molecule has 41 heavy (non-hydrogen) atoms. The number of nitrogens with one attached hydrogen (secondary N) is 1. The van der Waals surface area contributed by atoms with Crippen molar-refractivity contribution in [1.82, 2.24) is 9.88 Å². The van der Waals surface area contributed by atoms with E-state index in [0.717, 1.165) is 29.3 Å². The number of aldehydes is 1. The highest BCUT2D eigenvalue weighted by molar-refractivity contribution is 7.17. The van der Waals surface area contributed by atoms with E-state index in [1.807, 2.05) is 59.1 Å². The molecule has 2 amide bonds. The van der Waals surface area contributed by atoms with E-state index < -0.39 is 0 Å². The Morgan fingerprint density at radius 1 is 1.24 bits per heavy atom. The summed E-state index contributed by atoms with van der Waals surface area (Å²) in [7, 11) is 0. The highest BCUT2D eigenvalue weighted by Crippen LogP contribution is 2.36. The minimum atomic E-state index is -0.380. The summed E-state index contributed by atoms with van der Waals surface area (Å²) in [5.74, 6) is 1.03. The lowest BCUT2D eigenvalue weighted by molar-refractivity contribution is -0.138. The number of allylic oxidation sites excluding steroid dienone is 2. The fourth-order valence-corrected chi connectivity index (χ4v) is 4.53. The molecule has 0 spiro atoms. The van der Waals surface area contributed by atoms with Crippen molar-refractivity contribution in [3.05, 3.63) is 52.7 Å². The second-order valence-electron chi connectivity index (χ2n) is 10.8. The molecular formula is C31H50N4O5S. The first-order chi connectivity index (χ1) is 19.2. The average Bonchev–Trinajstić information content (AvgIpc) is 3.24. The van der Waals surface area contributed by atoms with Gasteiger partial charge in [0.2, 0.25) is 17.2 Å². The van der Waals surface area contributed by atoms with Crippen LogP contribution in [-0.4, -0.2) is 47.2 Å². The molecule has 0 radical (unpaired) electrons. The lowest BCUT2D eigenvalue weighted by Crippen LogP contribution is -2.44. The summed E-state index contributed by atoms with van der Waals surface area (Å²) in [6, 6.07) is 2.99. The largest absolute Gasteiger partial charge is 0.479 e. The van der Waals surface area contributed by atoms with Gasteiger partial charge in [-0.25, -0.2) is 0 Å². The predicted molar refractivity (Wildman–Crippen MR) is 170 cm³/mol. The standard InChI is InChI=1S/C11H20N2O2.C9H9NO2S.C6H8O.C3H7N.C2H6/c1-11(2,3)7-9(14)13-6-4-5-8(13)10(12)15;1-2-12-8-5-7(11)9-6(10-8)3-4-13-9;1-2-5-3-6(5)4-7;1-3(2)4;1-2/h8H,4-7H2,1-3H3,(H2,12,15);3-5H,2H2,1H3,(H,10,11);2,4-6H,1,3H2;1,4H2,2H3;1-2H3. The van der Waals surface area contributed by atoms with Gasteiger partial charge in [0.15, 0.2) is 5.88 Å². The molecule has 1 aliphatic heterocycles. The number of fused-ring (bicyclic) bond motifs is 1. The van der Waals surface area contributed by atoms with Crippen LogP contribution in [0.3, 0.4) is 0 Å². The number of pyridine rings is 1. The van der Waals surface area contributed by atoms with Gasteiger partial charge in [0.05, 0.1) is 16.8 Å². The molecule has 4 rings (SSSR count). The van der Waals surface area contributed by atoms with E-state index >= 15 is 0 Å². The summed E-state index contributed by atoms with van der Waals surface area (Å²) in [5.41, 5.74) is 11.7. The van der Waals surface area contributed by atoms with Gasteiger partial charge < -0.3 is 30.9 Å². The number of aromatic nitrogens is 1. The number of nitrogens with two attached hydrogens (primary N) is 2. The zero-order valence-electron chi connectivity index (χ0n) is 25.8. The normalized spacial score (nSPS) is 18.4. The first-order valence-electron chi connectivity index (χ1n) is 14.0. The minimum absolute atomic E-state index is 0.0206. The maximum atomic E-state index is 11.9. The maximum absolute atomic E-state index is 11.9. The third-order valence-corrected chi connectivity index (χ3v) is 6.59. The van der Waals surface area contributed by atoms with E-state index in [2.05, 4.69) is 18.1 Å². The van der Waals surface area contributed by atoms with Crippen LogP contribution in [0.4, 0.5) is 0 Å². The molecule has 1 aliphatic carbocycles. The number of hydrogen-bond acceptors (Lipinski definition) is 7. The fraction of sp³-hybridized carbons (Fsp3) is 0.548. The molecule has 3 atom stereocenters. The number of carbonyl (C=O) groups excluding carboxylic acids is 3. The van der Waals surface area contributed by atoms with Crippen LogP contribution in [-0.2, 0) is 14.4 Å². The number of nitrogens with zero attached hydrogens (tertiary/aromatic N) is 1. The van der Waals surface area contributed by atoms with E-state index in [4.69, 9.17) is 16.2 Å². The van der Waals surface area contributed by atoms with E-state index in [-0.39, 0.29) is 28.7 Å². The molecule has 1 saturated heterocycles. The first-order valence-corrected chi connectivity index (χ1v) is 14.9. The number of ether oxygens (including phenoxy) is 1. The Bertz CT molecular complexity index is 1170. The molecule has 2 aliphatic rings. The Labute approximate surface area is 249 Å². The second kappa shape index (κ2) is 18.9. The fourth-order valence-electron chi connectivity index (χ4n) is 3.76. The summed E-state index contributed by atoms with van der Waals surface area (Å²) in [4.78, 5) is 49.0. The summed E-state index contributed by atoms with van der Waals surface area (Å²) in [6.07, 6.45) is 5.95. The number of likely N-dealkylation sites (tertiary alicyclic amines) is 1. The van der Waals surface area contributed by atoms with Gasteiger partial charge in [-0.15, -0.1) is 17.9 Å². The minimum Gasteiger partial charge on any atom is -0.479 e. The van der Waals surface area contributed by atoms with E-state index in [9.17, 15) is 19.2 Å². The van der Waals surface area contributed by atoms with Crippen molar-refractivity contribution in [3.63, 3.8) is 0 Å². The number of thiophene rings is 1. The summed E-state index contributed by atoms with van der Waals surface area (Å²) in [6.45, 7) is 21.8. The van der Waals surface area contributed by atoms with Crippen LogP contribution in [0, 0.1) is 17.3 Å². The number of primary amides is 1. The maximum Gasteiger partial charge on any atom is 0.240 e. The molecule has 9 nitrogen and oxygen atoms in total. The van der Waals surface area contributed by atoms with Crippen molar-refractivity contribution in [2.24, 2.45) is 28.7 Å². The van der Waals surface area contributed by atoms with Crippen molar-refractivity contribution >= 4 is 39.7 Å². The zero-order valence-corrected chi connectivity index (χ0v) is 26.6. The van der Waals surface area contributed by atoms with Gasteiger partial charge in [0, 0.05) is 24.9 Å². The van der Waals surface area contributed by atoms with Gasteiger partial charge in [-0.1, -0.05) is 47.3 Å². The third-order valence-electron chi connectivity index (χ3n) is 5.66. The predicted octanol–water partition coefficient (Wildman–Crippen LogP) is 5.40. The number of carbonyl (C=O) groups is 3. The van der Waals surface area contributed by atoms with Crippen LogP contribution >= 0.6 is 11.3 Å². The average molecular weight is 591 g/mol. The lowest BCUT2D eigenvalue weighted by atomic mass is 9.91. The van der Waals surface area contributed by atoms with Gasteiger partial charge in [0.1, 0.15) is 12.3 Å². The smallest absolute Gasteiger partial charge is 0.240 e. The molecule has 3 unspecified atom stereocenters. The molecule has 0 aromatic carbocycles. The van der Waals surface area contributed by atoms with E-state index in [0.29, 0.717) is 49.4 Å². The van der Waals surface area contributed by atoms with Crippen molar-refractivity contribution in [2.45, 2.75) is 80.2 Å². The SMILES string of the molecule is C=C(C)N.C=CC1CC1C=O.CC.CC(C)(C)CC(=O)N1CCCC1C(N)=O.CCOc1cc(=O)c2sccc2[nH]1. The van der Waals surface area contributed by atoms with Gasteiger partial charge in [-0.05, 0) is 61.6 Å². The quantitative estimate of drug-likeness (QED) is 0.303. The number of amides is 2. The topological polar surface area (TPSA) is 149 Å². The molecule has 2 aromatic rings. The molecule has 10 heteroatoms. The Morgan fingerprint density at radius 3 is 2.29 bits per heavy atom. The van der Waals surface area contributed by atoms with Crippen LogP contribution in [0.2, 0.25) is 0 Å². The van der Waals surface area contributed by atoms with Crippen molar-refractivity contribution < 1.29 is 19.1 Å². The highest BCUT2D eigenvalue weighted by atomic mass is 32.1. The van der Waals surface area contributed by atoms with Crippen LogP contribution in [0.15, 0.2) is 47.2 Å². The monoisotopic (exact) mass is 590 g/mol. The lowest BCUT2D eigenvalue weighted by Gasteiger charge is -2.26. The number of H-pyrrole nitrogens is 1. The number of rotatable bonds is 6. The first kappa shape index (κ1) is 37.6. The van der Waals surface area contributed by atoms with Crippen LogP contribution in [0.1, 0.15) is 74.1 Å². The van der Waals surface area contributed by atoms with Gasteiger partial charge >= 0.3 is 0 Å². The van der Waals surface area contributed by atoms with Crippen molar-refractivity contribution in [1.29, 1.82) is 0 Å². The molecule has 0 bridgehead atoms. The van der Waals surface area contributed by atoms with Crippen molar-refractivity contribution in [3.8, 4) is 5.88 Å².